The van der Waals surface area contributed by atoms with Crippen molar-refractivity contribution in [2.75, 3.05) is 7.11 Å². The second kappa shape index (κ2) is 7.66. The van der Waals surface area contributed by atoms with Crippen LogP contribution in [-0.2, 0) is 16.0 Å². The average Bonchev–Trinajstić information content (AvgIpc) is 3.19. The van der Waals surface area contributed by atoms with E-state index in [-0.39, 0.29) is 29.7 Å². The van der Waals surface area contributed by atoms with Crippen LogP contribution in [0.4, 0.5) is 0 Å². The molecule has 1 saturated heterocycles. The second-order valence-corrected chi connectivity index (χ2v) is 7.73. The van der Waals surface area contributed by atoms with Gasteiger partial charge in [0, 0.05) is 18.8 Å². The van der Waals surface area contributed by atoms with Gasteiger partial charge in [-0.05, 0) is 47.2 Å². The number of benzene rings is 2. The van der Waals surface area contributed by atoms with Gasteiger partial charge in [-0.3, -0.25) is 10.2 Å². The number of rotatable bonds is 7. The van der Waals surface area contributed by atoms with Gasteiger partial charge >= 0.3 is 5.97 Å². The van der Waals surface area contributed by atoms with E-state index in [0.717, 1.165) is 42.6 Å². The summed E-state index contributed by atoms with van der Waals surface area (Å²) < 4.78 is 11.1. The number of hydrogen-bond acceptors (Lipinski definition) is 4. The number of carbonyl (C=O) groups excluding carboxylic acids is 1. The molecule has 5 heteroatoms. The minimum atomic E-state index is -0.0825. The normalized spacial score (nSPS) is 22.5. The molecule has 5 nitrogen and oxygen atoms in total. The summed E-state index contributed by atoms with van der Waals surface area (Å²) in [6, 6.07) is 14.6. The molecule has 0 saturated carbocycles. The van der Waals surface area contributed by atoms with Crippen LogP contribution in [0.2, 0.25) is 0 Å². The molecule has 1 heterocycles. The molecule has 3 atom stereocenters. The molecule has 0 amide bonds. The number of nitrogens with one attached hydrogen (secondary N) is 1. The van der Waals surface area contributed by atoms with Crippen LogP contribution in [0.1, 0.15) is 42.7 Å². The molecule has 0 aromatic heterocycles. The first kappa shape index (κ1) is 18.5. The minimum absolute atomic E-state index is 0.0409. The van der Waals surface area contributed by atoms with E-state index in [1.807, 2.05) is 18.2 Å². The molecule has 146 valence electrons. The van der Waals surface area contributed by atoms with Gasteiger partial charge in [0.15, 0.2) is 0 Å². The lowest BCUT2D eigenvalue weighted by atomic mass is 9.84. The number of fused-ring (bicyclic) bond motifs is 3. The quantitative estimate of drug-likeness (QED) is 0.329. The van der Waals surface area contributed by atoms with Crippen molar-refractivity contribution >= 4 is 11.8 Å². The number of nitrogens with two attached hydrogens (primary N) is 1. The predicted molar refractivity (Wildman–Crippen MR) is 109 cm³/mol. The van der Waals surface area contributed by atoms with Crippen molar-refractivity contribution in [1.82, 2.24) is 0 Å². The fourth-order valence-electron chi connectivity index (χ4n) is 4.59. The summed E-state index contributed by atoms with van der Waals surface area (Å²) in [6.07, 6.45) is 3.87. The van der Waals surface area contributed by atoms with Crippen LogP contribution in [0.25, 0.3) is 11.1 Å². The second-order valence-electron chi connectivity index (χ2n) is 7.73. The van der Waals surface area contributed by atoms with Gasteiger partial charge in [-0.25, -0.2) is 0 Å². The highest BCUT2D eigenvalue weighted by Gasteiger charge is 2.49. The molecular formula is C23H26N2O3. The van der Waals surface area contributed by atoms with Crippen LogP contribution in [0.3, 0.4) is 0 Å². The van der Waals surface area contributed by atoms with Crippen LogP contribution < -0.4 is 10.5 Å². The van der Waals surface area contributed by atoms with Gasteiger partial charge in [-0.2, -0.15) is 0 Å². The van der Waals surface area contributed by atoms with Gasteiger partial charge in [0.25, 0.3) is 0 Å². The first-order chi connectivity index (χ1) is 13.6. The number of ether oxygens (including phenoxy) is 2. The molecular weight excluding hydrogens is 352 g/mol. The van der Waals surface area contributed by atoms with E-state index in [2.05, 4.69) is 24.3 Å². The largest absolute Gasteiger partial charge is 0.497 e. The number of methoxy groups -OCH3 is 1. The summed E-state index contributed by atoms with van der Waals surface area (Å²) in [7, 11) is 1.67. The Morgan fingerprint density at radius 1 is 1.21 bits per heavy atom. The van der Waals surface area contributed by atoms with Crippen molar-refractivity contribution in [3.63, 3.8) is 0 Å². The van der Waals surface area contributed by atoms with Gasteiger partial charge in [-0.1, -0.05) is 36.8 Å². The number of unbranched alkanes of at least 4 members (excludes halogenated alkanes) is 1. The molecule has 1 fully saturated rings. The van der Waals surface area contributed by atoms with Crippen molar-refractivity contribution in [2.24, 2.45) is 11.7 Å². The van der Waals surface area contributed by atoms with Gasteiger partial charge in [0.1, 0.15) is 11.9 Å². The molecule has 0 radical (unpaired) electrons. The van der Waals surface area contributed by atoms with Crippen molar-refractivity contribution in [1.29, 1.82) is 5.41 Å². The Morgan fingerprint density at radius 2 is 2.04 bits per heavy atom. The third-order valence-electron chi connectivity index (χ3n) is 5.94. The molecule has 2 aromatic rings. The standard InChI is InChI=1S/C23H26N2O3/c1-27-17-6-4-5-14(12-17)15-9-10-18-16(11-15)13-20-22(18)19(23(26)28-20)7-2-3-8-21(24)25/h4-6,9-12,19-20,22H,2-3,7-8,13H2,1H3,(H3,24,25)/t19-,20-,22+/m0/s1. The maximum atomic E-state index is 12.4. The van der Waals surface area contributed by atoms with Crippen LogP contribution in [0, 0.1) is 11.3 Å². The number of carbonyl (C=O) groups is 1. The third kappa shape index (κ3) is 3.49. The van der Waals surface area contributed by atoms with Gasteiger partial charge < -0.3 is 15.2 Å². The third-order valence-corrected chi connectivity index (χ3v) is 5.94. The molecule has 0 bridgehead atoms. The Kier molecular flexibility index (Phi) is 5.07. The van der Waals surface area contributed by atoms with E-state index in [1.54, 1.807) is 7.11 Å². The highest BCUT2D eigenvalue weighted by atomic mass is 16.6. The lowest BCUT2D eigenvalue weighted by Gasteiger charge is -2.16. The first-order valence-corrected chi connectivity index (χ1v) is 9.87. The zero-order valence-electron chi connectivity index (χ0n) is 16.1. The molecule has 4 rings (SSSR count). The molecule has 3 N–H and O–H groups in total. The van der Waals surface area contributed by atoms with E-state index in [1.165, 1.54) is 11.1 Å². The van der Waals surface area contributed by atoms with Gasteiger partial charge in [-0.15, -0.1) is 0 Å². The topological polar surface area (TPSA) is 85.4 Å². The summed E-state index contributed by atoms with van der Waals surface area (Å²) >= 11 is 0. The van der Waals surface area contributed by atoms with E-state index in [4.69, 9.17) is 20.6 Å². The highest BCUT2D eigenvalue weighted by molar-refractivity contribution is 5.78. The number of hydrogen-bond donors (Lipinski definition) is 2. The van der Waals surface area contributed by atoms with Gasteiger partial charge in [0.05, 0.1) is 18.9 Å². The molecule has 1 aliphatic heterocycles. The molecule has 1 aliphatic carbocycles. The number of esters is 1. The minimum Gasteiger partial charge on any atom is -0.497 e. The zero-order chi connectivity index (χ0) is 19.7. The smallest absolute Gasteiger partial charge is 0.310 e. The summed E-state index contributed by atoms with van der Waals surface area (Å²) in [6.45, 7) is 0. The Hall–Kier alpha value is -2.82. The average molecular weight is 378 g/mol. The van der Waals surface area contributed by atoms with Crippen LogP contribution in [0.15, 0.2) is 42.5 Å². The molecule has 2 aromatic carbocycles. The Labute approximate surface area is 165 Å². The maximum absolute atomic E-state index is 12.4. The van der Waals surface area contributed by atoms with Crippen molar-refractivity contribution in [3.8, 4) is 16.9 Å². The Bertz CT molecular complexity index is 908. The van der Waals surface area contributed by atoms with Crippen LogP contribution >= 0.6 is 0 Å². The summed E-state index contributed by atoms with van der Waals surface area (Å²) in [5, 5.41) is 7.33. The van der Waals surface area contributed by atoms with Gasteiger partial charge in [0.2, 0.25) is 0 Å². The zero-order valence-corrected chi connectivity index (χ0v) is 16.1. The Morgan fingerprint density at radius 3 is 2.82 bits per heavy atom. The predicted octanol–water partition coefficient (Wildman–Crippen LogP) is 4.04. The molecule has 2 aliphatic rings. The summed E-state index contributed by atoms with van der Waals surface area (Å²) in [5.41, 5.74) is 10.2. The maximum Gasteiger partial charge on any atom is 0.310 e. The monoisotopic (exact) mass is 378 g/mol. The summed E-state index contributed by atoms with van der Waals surface area (Å²) in [5.74, 6) is 1.05. The van der Waals surface area contributed by atoms with Crippen molar-refractivity contribution < 1.29 is 14.3 Å². The molecule has 0 unspecified atom stereocenters. The highest BCUT2D eigenvalue weighted by Crippen LogP contribution is 2.48. The van der Waals surface area contributed by atoms with E-state index in [9.17, 15) is 4.79 Å². The fraction of sp³-hybridized carbons (Fsp3) is 0.391. The first-order valence-electron chi connectivity index (χ1n) is 9.87. The Balaban J connectivity index is 1.53. The van der Waals surface area contributed by atoms with Crippen LogP contribution in [0.5, 0.6) is 5.75 Å². The lowest BCUT2D eigenvalue weighted by Crippen LogP contribution is -2.15. The van der Waals surface area contributed by atoms with E-state index < -0.39 is 0 Å². The molecule has 0 spiro atoms. The number of amidine groups is 1. The SMILES string of the molecule is COc1cccc(-c2ccc3c(c2)C[C@@H]2OC(=O)[C@@H](CCCCC(=N)N)[C@@H]32)c1. The van der Waals surface area contributed by atoms with E-state index >= 15 is 0 Å². The fourth-order valence-corrected chi connectivity index (χ4v) is 4.59. The van der Waals surface area contributed by atoms with Crippen molar-refractivity contribution in [3.05, 3.63) is 53.6 Å². The lowest BCUT2D eigenvalue weighted by molar-refractivity contribution is -0.144. The molecule has 28 heavy (non-hydrogen) atoms. The van der Waals surface area contributed by atoms with Crippen molar-refractivity contribution in [2.45, 2.75) is 44.1 Å². The van der Waals surface area contributed by atoms with E-state index in [0.29, 0.717) is 6.42 Å². The summed E-state index contributed by atoms with van der Waals surface area (Å²) in [4.78, 5) is 12.4. The van der Waals surface area contributed by atoms with Crippen LogP contribution in [-0.4, -0.2) is 25.0 Å².